The molecule has 2 aromatic carbocycles. The Labute approximate surface area is 153 Å². The molecule has 5 heteroatoms. The Hall–Kier alpha value is -2.63. The predicted octanol–water partition coefficient (Wildman–Crippen LogP) is 3.03. The zero-order chi connectivity index (χ0) is 18.4. The molecule has 0 saturated carbocycles. The maximum Gasteiger partial charge on any atom is 0.267 e. The van der Waals surface area contributed by atoms with E-state index in [4.69, 9.17) is 9.94 Å². The molecule has 0 bridgehead atoms. The number of carbonyl (C=O) groups excluding carboxylic acids is 1. The molecule has 1 amide bonds. The van der Waals surface area contributed by atoms with Crippen molar-refractivity contribution in [1.29, 1.82) is 0 Å². The van der Waals surface area contributed by atoms with E-state index in [1.54, 1.807) is 18.7 Å². The van der Waals surface area contributed by atoms with E-state index in [0.29, 0.717) is 6.04 Å². The van der Waals surface area contributed by atoms with Crippen LogP contribution in [-0.2, 0) is 17.6 Å². The van der Waals surface area contributed by atoms with Gasteiger partial charge in [-0.15, -0.1) is 0 Å². The number of hydroxylamine groups is 1. The van der Waals surface area contributed by atoms with Crippen molar-refractivity contribution >= 4 is 12.0 Å². The molecule has 26 heavy (non-hydrogen) atoms. The highest BCUT2D eigenvalue weighted by atomic mass is 16.5. The summed E-state index contributed by atoms with van der Waals surface area (Å²) in [4.78, 5) is 11.1. The van der Waals surface area contributed by atoms with Crippen LogP contribution in [0.1, 0.15) is 34.7 Å². The summed E-state index contributed by atoms with van der Waals surface area (Å²) in [6.45, 7) is 0.925. The van der Waals surface area contributed by atoms with Crippen molar-refractivity contribution in [2.45, 2.75) is 25.3 Å². The topological polar surface area (TPSA) is 70.6 Å². The quantitative estimate of drug-likeness (QED) is 0.407. The predicted molar refractivity (Wildman–Crippen MR) is 101 cm³/mol. The van der Waals surface area contributed by atoms with Gasteiger partial charge in [-0.05, 0) is 66.3 Å². The lowest BCUT2D eigenvalue weighted by atomic mass is 10.0. The summed E-state index contributed by atoms with van der Waals surface area (Å²) in [5, 5.41) is 12.2. The number of carbonyl (C=O) groups is 1. The lowest BCUT2D eigenvalue weighted by Gasteiger charge is -2.14. The summed E-state index contributed by atoms with van der Waals surface area (Å²) in [7, 11) is 1.68. The van der Waals surface area contributed by atoms with Gasteiger partial charge in [0.2, 0.25) is 0 Å². The highest BCUT2D eigenvalue weighted by molar-refractivity contribution is 5.90. The molecular formula is C21H24N2O3. The molecule has 0 aromatic heterocycles. The first-order valence-electron chi connectivity index (χ1n) is 8.81. The summed E-state index contributed by atoms with van der Waals surface area (Å²) >= 11 is 0. The SMILES string of the molecule is COc1ccc(CCNC2CCc3cc(C=CC(=O)NO)ccc32)cc1. The van der Waals surface area contributed by atoms with Gasteiger partial charge in [-0.25, -0.2) is 5.48 Å². The molecule has 0 radical (unpaired) electrons. The van der Waals surface area contributed by atoms with Crippen LogP contribution in [0.5, 0.6) is 5.75 Å². The van der Waals surface area contributed by atoms with Gasteiger partial charge in [-0.3, -0.25) is 10.0 Å². The molecule has 3 rings (SSSR count). The van der Waals surface area contributed by atoms with Crippen LogP contribution in [0.3, 0.4) is 0 Å². The van der Waals surface area contributed by atoms with Gasteiger partial charge in [0.05, 0.1) is 7.11 Å². The molecule has 1 atom stereocenters. The van der Waals surface area contributed by atoms with E-state index in [1.165, 1.54) is 22.8 Å². The number of nitrogens with one attached hydrogen (secondary N) is 2. The van der Waals surface area contributed by atoms with Gasteiger partial charge >= 0.3 is 0 Å². The fourth-order valence-corrected chi connectivity index (χ4v) is 3.35. The average molecular weight is 352 g/mol. The average Bonchev–Trinajstić information content (AvgIpc) is 3.09. The van der Waals surface area contributed by atoms with E-state index in [9.17, 15) is 4.79 Å². The molecule has 3 N–H and O–H groups in total. The van der Waals surface area contributed by atoms with Crippen molar-refractivity contribution in [2.75, 3.05) is 13.7 Å². The number of fused-ring (bicyclic) bond motifs is 1. The zero-order valence-electron chi connectivity index (χ0n) is 14.9. The van der Waals surface area contributed by atoms with E-state index < -0.39 is 5.91 Å². The smallest absolute Gasteiger partial charge is 0.267 e. The van der Waals surface area contributed by atoms with Crippen LogP contribution in [0.2, 0.25) is 0 Å². The molecule has 0 fully saturated rings. The van der Waals surface area contributed by atoms with Crippen molar-refractivity contribution in [3.63, 3.8) is 0 Å². The van der Waals surface area contributed by atoms with Crippen LogP contribution >= 0.6 is 0 Å². The number of rotatable bonds is 7. The first-order chi connectivity index (χ1) is 12.7. The number of benzene rings is 2. The third kappa shape index (κ3) is 4.50. The van der Waals surface area contributed by atoms with Crippen molar-refractivity contribution in [2.24, 2.45) is 0 Å². The van der Waals surface area contributed by atoms with E-state index in [0.717, 1.165) is 37.1 Å². The second-order valence-electron chi connectivity index (χ2n) is 6.41. The van der Waals surface area contributed by atoms with E-state index >= 15 is 0 Å². The third-order valence-corrected chi connectivity index (χ3v) is 4.75. The van der Waals surface area contributed by atoms with Crippen LogP contribution in [-0.4, -0.2) is 24.8 Å². The number of hydrogen-bond acceptors (Lipinski definition) is 4. The van der Waals surface area contributed by atoms with E-state index in [1.807, 2.05) is 18.2 Å². The second kappa shape index (κ2) is 8.65. The van der Waals surface area contributed by atoms with Gasteiger partial charge in [-0.1, -0.05) is 30.3 Å². The molecule has 1 aliphatic rings. The third-order valence-electron chi connectivity index (χ3n) is 4.75. The number of amides is 1. The minimum Gasteiger partial charge on any atom is -0.497 e. The van der Waals surface area contributed by atoms with E-state index in [2.05, 4.69) is 29.6 Å². The van der Waals surface area contributed by atoms with Crippen LogP contribution in [0.25, 0.3) is 6.08 Å². The minimum absolute atomic E-state index is 0.377. The number of ether oxygens (including phenoxy) is 1. The molecule has 0 heterocycles. The first-order valence-corrected chi connectivity index (χ1v) is 8.81. The second-order valence-corrected chi connectivity index (χ2v) is 6.41. The van der Waals surface area contributed by atoms with Crippen molar-refractivity contribution in [3.8, 4) is 5.75 Å². The van der Waals surface area contributed by atoms with Crippen molar-refractivity contribution < 1.29 is 14.7 Å². The van der Waals surface area contributed by atoms with Crippen molar-refractivity contribution in [1.82, 2.24) is 10.8 Å². The Bertz CT molecular complexity index is 784. The van der Waals surface area contributed by atoms with Gasteiger partial charge in [0.25, 0.3) is 5.91 Å². The summed E-state index contributed by atoms with van der Waals surface area (Å²) in [6, 6.07) is 14.8. The fourth-order valence-electron chi connectivity index (χ4n) is 3.35. The van der Waals surface area contributed by atoms with Gasteiger partial charge in [-0.2, -0.15) is 0 Å². The lowest BCUT2D eigenvalue weighted by Crippen LogP contribution is -2.21. The van der Waals surface area contributed by atoms with Crippen LogP contribution < -0.4 is 15.5 Å². The summed E-state index contributed by atoms with van der Waals surface area (Å²) < 4.78 is 5.19. The number of methoxy groups -OCH3 is 1. The van der Waals surface area contributed by atoms with Gasteiger partial charge in [0.15, 0.2) is 0 Å². The number of hydrogen-bond donors (Lipinski definition) is 3. The maximum absolute atomic E-state index is 11.1. The summed E-state index contributed by atoms with van der Waals surface area (Å²) in [5.41, 5.74) is 6.50. The fraction of sp³-hybridized carbons (Fsp3) is 0.286. The van der Waals surface area contributed by atoms with Gasteiger partial charge in [0, 0.05) is 12.1 Å². The maximum atomic E-state index is 11.1. The molecular weight excluding hydrogens is 328 g/mol. The molecule has 1 aliphatic carbocycles. The lowest BCUT2D eigenvalue weighted by molar-refractivity contribution is -0.124. The molecule has 5 nitrogen and oxygen atoms in total. The first kappa shape index (κ1) is 18.2. The Morgan fingerprint density at radius 2 is 2.08 bits per heavy atom. The molecule has 2 aromatic rings. The number of aryl methyl sites for hydroxylation is 1. The largest absolute Gasteiger partial charge is 0.497 e. The Morgan fingerprint density at radius 3 is 2.81 bits per heavy atom. The van der Waals surface area contributed by atoms with Crippen molar-refractivity contribution in [3.05, 3.63) is 70.8 Å². The molecule has 136 valence electrons. The van der Waals surface area contributed by atoms with Gasteiger partial charge < -0.3 is 10.1 Å². The van der Waals surface area contributed by atoms with Gasteiger partial charge in [0.1, 0.15) is 5.75 Å². The van der Waals surface area contributed by atoms with Crippen LogP contribution in [0.4, 0.5) is 0 Å². The Kier molecular flexibility index (Phi) is 6.04. The Morgan fingerprint density at radius 1 is 1.27 bits per heavy atom. The normalized spacial score (nSPS) is 15.8. The van der Waals surface area contributed by atoms with Crippen LogP contribution in [0, 0.1) is 0 Å². The molecule has 1 unspecified atom stereocenters. The Balaban J connectivity index is 1.55. The standard InChI is InChI=1S/C21H24N2O3/c1-26-18-7-2-15(3-8-18)12-13-22-20-10-6-17-14-16(4-9-19(17)20)5-11-21(24)23-25/h2-5,7-9,11,14,20,22,25H,6,10,12-13H2,1H3,(H,23,24). The summed E-state index contributed by atoms with van der Waals surface area (Å²) in [5.74, 6) is 0.358. The highest BCUT2D eigenvalue weighted by Crippen LogP contribution is 2.32. The zero-order valence-corrected chi connectivity index (χ0v) is 14.9. The molecule has 0 spiro atoms. The highest BCUT2D eigenvalue weighted by Gasteiger charge is 2.21. The monoisotopic (exact) mass is 352 g/mol. The van der Waals surface area contributed by atoms with Crippen LogP contribution in [0.15, 0.2) is 48.5 Å². The molecule has 0 saturated heterocycles. The summed E-state index contributed by atoms with van der Waals surface area (Å²) in [6.07, 6.45) is 6.12. The van der Waals surface area contributed by atoms with E-state index in [-0.39, 0.29) is 0 Å². The minimum atomic E-state index is -0.524. The molecule has 0 aliphatic heterocycles.